The molecule has 0 aliphatic carbocycles. The van der Waals surface area contributed by atoms with Gasteiger partial charge < -0.3 is 15.2 Å². The number of rotatable bonds is 6. The van der Waals surface area contributed by atoms with Crippen molar-refractivity contribution < 1.29 is 27.9 Å². The molecular formula is C9H12F3NO3. The Morgan fingerprint density at radius 1 is 1.50 bits per heavy atom. The van der Waals surface area contributed by atoms with Crippen LogP contribution in [0.2, 0.25) is 0 Å². The molecule has 92 valence electrons. The zero-order chi connectivity index (χ0) is 12.8. The molecule has 0 rings (SSSR count). The molecule has 0 aliphatic rings. The van der Waals surface area contributed by atoms with Crippen LogP contribution < -0.4 is 5.32 Å². The number of carbonyl (C=O) groups is 2. The molecule has 7 heteroatoms. The van der Waals surface area contributed by atoms with E-state index in [9.17, 15) is 22.8 Å². The van der Waals surface area contributed by atoms with Gasteiger partial charge in [0.1, 0.15) is 6.10 Å². The monoisotopic (exact) mass is 239 g/mol. The van der Waals surface area contributed by atoms with E-state index < -0.39 is 24.2 Å². The van der Waals surface area contributed by atoms with E-state index in [0.29, 0.717) is 0 Å². The first-order valence-corrected chi connectivity index (χ1v) is 4.43. The summed E-state index contributed by atoms with van der Waals surface area (Å²) in [6.07, 6.45) is -6.03. The van der Waals surface area contributed by atoms with Gasteiger partial charge in [-0.3, -0.25) is 4.79 Å². The van der Waals surface area contributed by atoms with Gasteiger partial charge in [-0.2, -0.15) is 13.2 Å². The van der Waals surface area contributed by atoms with Gasteiger partial charge in [0.05, 0.1) is 0 Å². The lowest BCUT2D eigenvalue weighted by atomic mass is 10.1. The molecule has 0 aliphatic heterocycles. The zero-order valence-corrected chi connectivity index (χ0v) is 8.33. The molecule has 4 nitrogen and oxygen atoms in total. The molecule has 2 atom stereocenters. The van der Waals surface area contributed by atoms with Gasteiger partial charge in [-0.25, -0.2) is 0 Å². The van der Waals surface area contributed by atoms with E-state index in [1.807, 2.05) is 0 Å². The van der Waals surface area contributed by atoms with Crippen LogP contribution in [0.1, 0.15) is 12.8 Å². The summed E-state index contributed by atoms with van der Waals surface area (Å²) >= 11 is 0. The van der Waals surface area contributed by atoms with Crippen LogP contribution in [0.5, 0.6) is 0 Å². The van der Waals surface area contributed by atoms with Gasteiger partial charge in [0, 0.05) is 6.42 Å². The van der Waals surface area contributed by atoms with Crippen LogP contribution in [-0.2, 0) is 9.59 Å². The number of alkyl halides is 3. The summed E-state index contributed by atoms with van der Waals surface area (Å²) in [7, 11) is 0. The van der Waals surface area contributed by atoms with E-state index in [-0.39, 0.29) is 19.1 Å². The van der Waals surface area contributed by atoms with Crippen molar-refractivity contribution in [1.29, 1.82) is 0 Å². The van der Waals surface area contributed by atoms with Gasteiger partial charge in [0.2, 0.25) is 5.91 Å². The van der Waals surface area contributed by atoms with Gasteiger partial charge >= 0.3 is 6.18 Å². The van der Waals surface area contributed by atoms with Crippen molar-refractivity contribution in [3.63, 3.8) is 0 Å². The topological polar surface area (TPSA) is 66.4 Å². The Bertz CT molecular complexity index is 265. The number of hydrogen-bond donors (Lipinski definition) is 2. The molecule has 0 fully saturated rings. The second kappa shape index (κ2) is 6.26. The van der Waals surface area contributed by atoms with Gasteiger partial charge in [0.25, 0.3) is 0 Å². The van der Waals surface area contributed by atoms with Crippen LogP contribution in [-0.4, -0.2) is 35.6 Å². The molecule has 2 N–H and O–H groups in total. The van der Waals surface area contributed by atoms with Crippen molar-refractivity contribution in [2.24, 2.45) is 0 Å². The van der Waals surface area contributed by atoms with Crippen molar-refractivity contribution in [3.8, 4) is 0 Å². The number of nitrogens with one attached hydrogen (secondary N) is 1. The quantitative estimate of drug-likeness (QED) is 0.525. The fourth-order valence-corrected chi connectivity index (χ4v) is 0.918. The molecule has 2 unspecified atom stereocenters. The van der Waals surface area contributed by atoms with E-state index >= 15 is 0 Å². The van der Waals surface area contributed by atoms with Crippen molar-refractivity contribution in [2.45, 2.75) is 31.2 Å². The third-order valence-electron chi connectivity index (χ3n) is 1.73. The van der Waals surface area contributed by atoms with E-state index in [2.05, 4.69) is 6.58 Å². The molecule has 0 spiro atoms. The number of hydrogen-bond acceptors (Lipinski definition) is 3. The lowest BCUT2D eigenvalue weighted by molar-refractivity contribution is -0.180. The summed E-state index contributed by atoms with van der Waals surface area (Å²) in [5.41, 5.74) is 0. The molecular weight excluding hydrogens is 227 g/mol. The minimum absolute atomic E-state index is 0.179. The summed E-state index contributed by atoms with van der Waals surface area (Å²) < 4.78 is 36.9. The number of carbonyl (C=O) groups excluding carboxylic acids is 2. The van der Waals surface area contributed by atoms with E-state index in [1.165, 1.54) is 6.08 Å². The third-order valence-corrected chi connectivity index (χ3v) is 1.73. The Balaban J connectivity index is 4.49. The number of allylic oxidation sites excluding steroid dienone is 1. The van der Waals surface area contributed by atoms with Crippen molar-refractivity contribution in [3.05, 3.63) is 12.7 Å². The SMILES string of the molecule is C=CCCC(=O)NC(C(O)C=O)C(F)(F)F. The maximum Gasteiger partial charge on any atom is 0.411 e. The van der Waals surface area contributed by atoms with Crippen LogP contribution in [0.4, 0.5) is 13.2 Å². The average molecular weight is 239 g/mol. The average Bonchev–Trinajstić information content (AvgIpc) is 2.20. The molecule has 0 radical (unpaired) electrons. The highest BCUT2D eigenvalue weighted by Crippen LogP contribution is 2.22. The van der Waals surface area contributed by atoms with Crippen LogP contribution in [0.15, 0.2) is 12.7 Å². The lowest BCUT2D eigenvalue weighted by Gasteiger charge is -2.23. The maximum absolute atomic E-state index is 12.3. The molecule has 0 saturated carbocycles. The third kappa shape index (κ3) is 4.92. The van der Waals surface area contributed by atoms with E-state index in [4.69, 9.17) is 5.11 Å². The highest BCUT2D eigenvalue weighted by Gasteiger charge is 2.45. The maximum atomic E-state index is 12.3. The fraction of sp³-hybridized carbons (Fsp3) is 0.556. The molecule has 0 saturated heterocycles. The van der Waals surface area contributed by atoms with E-state index in [1.54, 1.807) is 5.32 Å². The second-order valence-corrected chi connectivity index (χ2v) is 3.04. The second-order valence-electron chi connectivity index (χ2n) is 3.04. The highest BCUT2D eigenvalue weighted by molar-refractivity contribution is 5.77. The highest BCUT2D eigenvalue weighted by atomic mass is 19.4. The summed E-state index contributed by atoms with van der Waals surface area (Å²) in [5.74, 6) is -0.900. The first-order valence-electron chi connectivity index (χ1n) is 4.43. The van der Waals surface area contributed by atoms with Crippen molar-refractivity contribution >= 4 is 12.2 Å². The summed E-state index contributed by atoms with van der Waals surface area (Å²) in [6.45, 7) is 3.30. The molecule has 0 bridgehead atoms. The lowest BCUT2D eigenvalue weighted by Crippen LogP contribution is -2.53. The predicted molar refractivity (Wildman–Crippen MR) is 49.5 cm³/mol. The summed E-state index contributed by atoms with van der Waals surface area (Å²) in [5, 5.41) is 10.4. The van der Waals surface area contributed by atoms with Crippen LogP contribution >= 0.6 is 0 Å². The fourth-order valence-electron chi connectivity index (χ4n) is 0.918. The zero-order valence-electron chi connectivity index (χ0n) is 8.33. The first kappa shape index (κ1) is 14.6. The van der Waals surface area contributed by atoms with Gasteiger partial charge in [0.15, 0.2) is 12.3 Å². The minimum atomic E-state index is -4.87. The van der Waals surface area contributed by atoms with Crippen LogP contribution in [0.3, 0.4) is 0 Å². The van der Waals surface area contributed by atoms with Gasteiger partial charge in [-0.1, -0.05) is 6.08 Å². The van der Waals surface area contributed by atoms with Gasteiger partial charge in [-0.15, -0.1) is 6.58 Å². The number of halogens is 3. The number of amides is 1. The molecule has 1 amide bonds. The van der Waals surface area contributed by atoms with Crippen LogP contribution in [0.25, 0.3) is 0 Å². The standard InChI is InChI=1S/C9H12F3NO3/c1-2-3-4-7(16)13-8(6(15)5-14)9(10,11)12/h2,5-6,8,15H,1,3-4H2,(H,13,16). The Hall–Kier alpha value is -1.37. The van der Waals surface area contributed by atoms with E-state index in [0.717, 1.165) is 0 Å². The first-order chi connectivity index (χ1) is 7.32. The van der Waals surface area contributed by atoms with Gasteiger partial charge in [-0.05, 0) is 6.42 Å². The van der Waals surface area contributed by atoms with Crippen LogP contribution in [0, 0.1) is 0 Å². The summed E-state index contributed by atoms with van der Waals surface area (Å²) in [4.78, 5) is 21.1. The number of aliphatic hydroxyl groups is 1. The smallest absolute Gasteiger partial charge is 0.383 e. The largest absolute Gasteiger partial charge is 0.411 e. The Kier molecular flexibility index (Phi) is 5.73. The minimum Gasteiger partial charge on any atom is -0.383 e. The molecule has 0 aromatic heterocycles. The molecule has 0 aromatic rings. The normalized spacial score (nSPS) is 15.0. The molecule has 0 aromatic carbocycles. The summed E-state index contributed by atoms with van der Waals surface area (Å²) in [6, 6.07) is -2.57. The number of aliphatic hydroxyl groups excluding tert-OH is 1. The van der Waals surface area contributed by atoms with Crippen molar-refractivity contribution in [2.75, 3.05) is 0 Å². The van der Waals surface area contributed by atoms with Crippen molar-refractivity contribution in [1.82, 2.24) is 5.32 Å². The number of aldehydes is 1. The molecule has 0 heterocycles. The Labute approximate surface area is 90.1 Å². The Morgan fingerprint density at radius 2 is 2.06 bits per heavy atom. The molecule has 16 heavy (non-hydrogen) atoms. The predicted octanol–water partition coefficient (Wildman–Crippen LogP) is 0.559. The Morgan fingerprint density at radius 3 is 2.44 bits per heavy atom.